The van der Waals surface area contributed by atoms with E-state index in [1.807, 2.05) is 0 Å². The fraction of sp³-hybridized carbons (Fsp3) is 0.857. The van der Waals surface area contributed by atoms with Crippen LogP contribution in [0.15, 0.2) is 0 Å². The minimum Gasteiger partial charge on any atom is -0.353 e. The van der Waals surface area contributed by atoms with E-state index < -0.39 is 0 Å². The largest absolute Gasteiger partial charge is 0.353 e. The Morgan fingerprint density at radius 2 is 2.33 bits per heavy atom. The molecule has 0 aromatic carbocycles. The van der Waals surface area contributed by atoms with E-state index in [9.17, 15) is 4.79 Å². The first-order valence-electron chi connectivity index (χ1n) is 3.65. The van der Waals surface area contributed by atoms with Gasteiger partial charge in [0.25, 0.3) is 0 Å². The summed E-state index contributed by atoms with van der Waals surface area (Å²) in [5.74, 6) is 0.960. The fourth-order valence-electron chi connectivity index (χ4n) is 1.98. The van der Waals surface area contributed by atoms with Crippen molar-refractivity contribution in [2.75, 3.05) is 0 Å². The Morgan fingerprint density at radius 1 is 1.44 bits per heavy atom. The molecule has 0 bridgehead atoms. The first-order chi connectivity index (χ1) is 4.36. The van der Waals surface area contributed by atoms with E-state index in [0.717, 1.165) is 6.42 Å². The number of hydrogen-bond donors (Lipinski definition) is 1. The molecule has 2 nitrogen and oxygen atoms in total. The predicted octanol–water partition coefficient (Wildman–Crippen LogP) is 0.675. The number of nitrogens with one attached hydrogen (secondary N) is 1. The molecule has 2 aliphatic rings. The van der Waals surface area contributed by atoms with Crippen LogP contribution in [0.5, 0.6) is 0 Å². The SMILES string of the molecule is O=C1C[C@H]2CCCC2N1. The number of hydrogen-bond acceptors (Lipinski definition) is 1. The maximum atomic E-state index is 10.7. The van der Waals surface area contributed by atoms with E-state index in [4.69, 9.17) is 0 Å². The molecule has 1 unspecified atom stereocenters. The number of rotatable bonds is 0. The van der Waals surface area contributed by atoms with Crippen LogP contribution >= 0.6 is 0 Å². The molecule has 0 aromatic heterocycles. The lowest BCUT2D eigenvalue weighted by atomic mass is 10.1. The Hall–Kier alpha value is -0.530. The summed E-state index contributed by atoms with van der Waals surface area (Å²) < 4.78 is 0. The quantitative estimate of drug-likeness (QED) is 0.506. The molecular weight excluding hydrogens is 114 g/mol. The predicted molar refractivity (Wildman–Crippen MR) is 33.9 cm³/mol. The van der Waals surface area contributed by atoms with Crippen molar-refractivity contribution in [1.82, 2.24) is 5.32 Å². The van der Waals surface area contributed by atoms with Crippen LogP contribution in [0.2, 0.25) is 0 Å². The van der Waals surface area contributed by atoms with Gasteiger partial charge in [-0.25, -0.2) is 0 Å². The van der Waals surface area contributed by atoms with Crippen LogP contribution < -0.4 is 5.32 Å². The highest BCUT2D eigenvalue weighted by Crippen LogP contribution is 2.32. The van der Waals surface area contributed by atoms with Gasteiger partial charge in [-0.1, -0.05) is 6.42 Å². The number of carbonyl (C=O) groups excluding carboxylic acids is 1. The summed E-state index contributed by atoms with van der Waals surface area (Å²) >= 11 is 0. The van der Waals surface area contributed by atoms with Gasteiger partial charge in [-0.2, -0.15) is 0 Å². The van der Waals surface area contributed by atoms with Crippen molar-refractivity contribution >= 4 is 5.91 Å². The summed E-state index contributed by atoms with van der Waals surface area (Å²) in [5.41, 5.74) is 0. The van der Waals surface area contributed by atoms with Gasteiger partial charge in [0.1, 0.15) is 0 Å². The summed E-state index contributed by atoms with van der Waals surface area (Å²) in [6, 6.07) is 0.553. The molecule has 0 aromatic rings. The summed E-state index contributed by atoms with van der Waals surface area (Å²) in [7, 11) is 0. The second-order valence-electron chi connectivity index (χ2n) is 3.07. The Labute approximate surface area is 54.6 Å². The molecule has 1 saturated heterocycles. The molecule has 1 heterocycles. The monoisotopic (exact) mass is 125 g/mol. The third kappa shape index (κ3) is 0.732. The molecule has 1 saturated carbocycles. The van der Waals surface area contributed by atoms with E-state index in [-0.39, 0.29) is 5.91 Å². The van der Waals surface area contributed by atoms with Gasteiger partial charge in [-0.05, 0) is 18.8 Å². The van der Waals surface area contributed by atoms with Gasteiger partial charge < -0.3 is 5.32 Å². The van der Waals surface area contributed by atoms with Crippen molar-refractivity contribution in [1.29, 1.82) is 0 Å². The standard InChI is InChI=1S/C7H11NO/c9-7-4-5-2-1-3-6(5)8-7/h5-6H,1-4H2,(H,8,9)/t5-,6?/m1/s1. The number of fused-ring (bicyclic) bond motifs is 1. The molecule has 1 N–H and O–H groups in total. The van der Waals surface area contributed by atoms with Gasteiger partial charge in [0.05, 0.1) is 0 Å². The van der Waals surface area contributed by atoms with Gasteiger partial charge in [-0.15, -0.1) is 0 Å². The molecule has 1 aliphatic carbocycles. The molecular formula is C7H11NO. The van der Waals surface area contributed by atoms with Crippen LogP contribution in [0.4, 0.5) is 0 Å². The first kappa shape index (κ1) is 5.27. The Morgan fingerprint density at radius 3 is 3.11 bits per heavy atom. The summed E-state index contributed by atoms with van der Waals surface area (Å²) in [6.07, 6.45) is 4.60. The van der Waals surface area contributed by atoms with Gasteiger partial charge in [0, 0.05) is 12.5 Å². The van der Waals surface area contributed by atoms with Crippen molar-refractivity contribution in [3.63, 3.8) is 0 Å². The average Bonchev–Trinajstić information content (AvgIpc) is 2.22. The maximum absolute atomic E-state index is 10.7. The molecule has 50 valence electrons. The molecule has 2 atom stereocenters. The number of carbonyl (C=O) groups is 1. The lowest BCUT2D eigenvalue weighted by molar-refractivity contribution is -0.119. The van der Waals surface area contributed by atoms with E-state index in [2.05, 4.69) is 5.32 Å². The van der Waals surface area contributed by atoms with Crippen LogP contribution in [0, 0.1) is 5.92 Å². The average molecular weight is 125 g/mol. The van der Waals surface area contributed by atoms with E-state index in [1.54, 1.807) is 0 Å². The highest BCUT2D eigenvalue weighted by molar-refractivity contribution is 5.79. The lowest BCUT2D eigenvalue weighted by Gasteiger charge is -2.04. The third-order valence-electron chi connectivity index (χ3n) is 2.45. The first-order valence-corrected chi connectivity index (χ1v) is 3.65. The highest BCUT2D eigenvalue weighted by atomic mass is 16.2. The van der Waals surface area contributed by atoms with Crippen molar-refractivity contribution in [2.24, 2.45) is 5.92 Å². The minimum atomic E-state index is 0.268. The summed E-state index contributed by atoms with van der Waals surface area (Å²) in [4.78, 5) is 10.7. The maximum Gasteiger partial charge on any atom is 0.220 e. The molecule has 2 heteroatoms. The molecule has 2 fully saturated rings. The van der Waals surface area contributed by atoms with E-state index in [1.165, 1.54) is 19.3 Å². The molecule has 0 spiro atoms. The van der Waals surface area contributed by atoms with Crippen LogP contribution in [0.3, 0.4) is 0 Å². The Kier molecular flexibility index (Phi) is 1.01. The van der Waals surface area contributed by atoms with Crippen molar-refractivity contribution in [3.8, 4) is 0 Å². The molecule has 2 rings (SSSR count). The minimum absolute atomic E-state index is 0.268. The van der Waals surface area contributed by atoms with Crippen LogP contribution in [-0.4, -0.2) is 11.9 Å². The van der Waals surface area contributed by atoms with Gasteiger partial charge in [-0.3, -0.25) is 4.79 Å². The topological polar surface area (TPSA) is 29.1 Å². The second-order valence-corrected chi connectivity index (χ2v) is 3.07. The van der Waals surface area contributed by atoms with E-state index >= 15 is 0 Å². The number of amides is 1. The fourth-order valence-corrected chi connectivity index (χ4v) is 1.98. The molecule has 1 amide bonds. The molecule has 0 radical (unpaired) electrons. The van der Waals surface area contributed by atoms with Crippen LogP contribution in [0.1, 0.15) is 25.7 Å². The lowest BCUT2D eigenvalue weighted by Crippen LogP contribution is -2.25. The second kappa shape index (κ2) is 1.72. The normalized spacial score (nSPS) is 40.7. The van der Waals surface area contributed by atoms with Crippen LogP contribution in [-0.2, 0) is 4.79 Å². The van der Waals surface area contributed by atoms with E-state index in [0.29, 0.717) is 12.0 Å². The Bertz CT molecular complexity index is 130. The smallest absolute Gasteiger partial charge is 0.220 e. The van der Waals surface area contributed by atoms with Gasteiger partial charge in [0.2, 0.25) is 5.91 Å². The summed E-state index contributed by atoms with van der Waals surface area (Å²) in [6.45, 7) is 0. The Balaban J connectivity index is 2.09. The van der Waals surface area contributed by atoms with Gasteiger partial charge in [0.15, 0.2) is 0 Å². The van der Waals surface area contributed by atoms with Crippen molar-refractivity contribution < 1.29 is 4.79 Å². The summed E-state index contributed by atoms with van der Waals surface area (Å²) in [5, 5.41) is 2.98. The molecule has 1 aliphatic heterocycles. The zero-order valence-corrected chi connectivity index (χ0v) is 5.39. The third-order valence-corrected chi connectivity index (χ3v) is 2.45. The van der Waals surface area contributed by atoms with Crippen molar-refractivity contribution in [2.45, 2.75) is 31.7 Å². The van der Waals surface area contributed by atoms with Crippen LogP contribution in [0.25, 0.3) is 0 Å². The highest BCUT2D eigenvalue weighted by Gasteiger charge is 2.35. The zero-order chi connectivity index (χ0) is 6.27. The molecule has 9 heavy (non-hydrogen) atoms. The van der Waals surface area contributed by atoms with Crippen molar-refractivity contribution in [3.05, 3.63) is 0 Å². The zero-order valence-electron chi connectivity index (χ0n) is 5.39. The van der Waals surface area contributed by atoms with Gasteiger partial charge >= 0.3 is 0 Å².